The van der Waals surface area contributed by atoms with E-state index in [0.717, 1.165) is 5.69 Å². The monoisotopic (exact) mass is 263 g/mol. The highest BCUT2D eigenvalue weighted by Crippen LogP contribution is 2.36. The SMILES string of the molecule is CNCc1ccc(N)c(B2OC(C)(C)C(C)(C)O2)n1. The molecule has 0 aromatic carbocycles. The van der Waals surface area contributed by atoms with Crippen molar-refractivity contribution in [2.24, 2.45) is 0 Å². The van der Waals surface area contributed by atoms with Gasteiger partial charge in [-0.15, -0.1) is 0 Å². The van der Waals surface area contributed by atoms with E-state index < -0.39 is 7.12 Å². The molecule has 6 heteroatoms. The maximum Gasteiger partial charge on any atom is 0.516 e. The fourth-order valence-electron chi connectivity index (χ4n) is 1.95. The van der Waals surface area contributed by atoms with Crippen LogP contribution in [0.3, 0.4) is 0 Å². The van der Waals surface area contributed by atoms with Crippen molar-refractivity contribution in [3.05, 3.63) is 17.8 Å². The molecule has 5 nitrogen and oxygen atoms in total. The Balaban J connectivity index is 2.31. The fraction of sp³-hybridized carbons (Fsp3) is 0.615. The normalized spacial score (nSPS) is 20.8. The molecule has 19 heavy (non-hydrogen) atoms. The van der Waals surface area contributed by atoms with Crippen LogP contribution in [0, 0.1) is 0 Å². The second-order valence-electron chi connectivity index (χ2n) is 5.90. The van der Waals surface area contributed by atoms with Crippen molar-refractivity contribution < 1.29 is 9.31 Å². The first-order valence-electron chi connectivity index (χ1n) is 6.52. The Morgan fingerprint density at radius 2 is 1.79 bits per heavy atom. The zero-order valence-corrected chi connectivity index (χ0v) is 12.3. The van der Waals surface area contributed by atoms with Gasteiger partial charge in [-0.25, -0.2) is 0 Å². The van der Waals surface area contributed by atoms with Crippen molar-refractivity contribution in [2.45, 2.75) is 45.4 Å². The van der Waals surface area contributed by atoms with Crippen LogP contribution in [0.5, 0.6) is 0 Å². The van der Waals surface area contributed by atoms with Crippen LogP contribution in [0.4, 0.5) is 5.69 Å². The van der Waals surface area contributed by atoms with Crippen molar-refractivity contribution >= 4 is 18.4 Å². The minimum Gasteiger partial charge on any atom is -0.398 e. The summed E-state index contributed by atoms with van der Waals surface area (Å²) in [4.78, 5) is 4.54. The highest BCUT2D eigenvalue weighted by atomic mass is 16.7. The summed E-state index contributed by atoms with van der Waals surface area (Å²) >= 11 is 0. The maximum atomic E-state index is 6.00. The first-order chi connectivity index (χ1) is 8.77. The standard InChI is InChI=1S/C13H22BN3O2/c1-12(2)13(3,4)19-14(18-12)11-10(15)7-6-9(17-11)8-16-5/h6-7,16H,8,15H2,1-5H3. The molecule has 0 atom stereocenters. The average Bonchev–Trinajstić information content (AvgIpc) is 2.51. The van der Waals surface area contributed by atoms with E-state index in [0.29, 0.717) is 17.8 Å². The summed E-state index contributed by atoms with van der Waals surface area (Å²) < 4.78 is 12.0. The summed E-state index contributed by atoms with van der Waals surface area (Å²) in [7, 11) is 1.37. The first kappa shape index (κ1) is 14.3. The number of aromatic nitrogens is 1. The number of hydrogen-bond acceptors (Lipinski definition) is 5. The molecule has 0 spiro atoms. The molecule has 0 radical (unpaired) electrons. The molecule has 2 rings (SSSR count). The molecule has 0 bridgehead atoms. The number of nitrogens with one attached hydrogen (secondary N) is 1. The summed E-state index contributed by atoms with van der Waals surface area (Å²) in [5.41, 5.74) is 7.40. The number of hydrogen-bond donors (Lipinski definition) is 2. The van der Waals surface area contributed by atoms with E-state index in [1.54, 1.807) is 0 Å². The van der Waals surface area contributed by atoms with E-state index in [-0.39, 0.29) is 11.2 Å². The smallest absolute Gasteiger partial charge is 0.398 e. The summed E-state index contributed by atoms with van der Waals surface area (Å²) in [6.07, 6.45) is 0. The number of rotatable bonds is 3. The van der Waals surface area contributed by atoms with Gasteiger partial charge < -0.3 is 20.4 Å². The Morgan fingerprint density at radius 1 is 1.21 bits per heavy atom. The van der Waals surface area contributed by atoms with Gasteiger partial charge in [0, 0.05) is 12.2 Å². The average molecular weight is 263 g/mol. The molecule has 1 aliphatic rings. The molecule has 1 saturated heterocycles. The third kappa shape index (κ3) is 2.61. The van der Waals surface area contributed by atoms with Crippen LogP contribution in [0.15, 0.2) is 12.1 Å². The van der Waals surface area contributed by atoms with Crippen LogP contribution < -0.4 is 16.6 Å². The molecule has 104 valence electrons. The number of nitrogens with two attached hydrogens (primary N) is 1. The molecule has 1 aliphatic heterocycles. The lowest BCUT2D eigenvalue weighted by atomic mass is 9.82. The lowest BCUT2D eigenvalue weighted by molar-refractivity contribution is 0.00578. The molecular weight excluding hydrogens is 241 g/mol. The van der Waals surface area contributed by atoms with E-state index >= 15 is 0 Å². The van der Waals surface area contributed by atoms with E-state index in [9.17, 15) is 0 Å². The molecule has 3 N–H and O–H groups in total. The minimum absolute atomic E-state index is 0.384. The van der Waals surface area contributed by atoms with Gasteiger partial charge in [0.25, 0.3) is 0 Å². The van der Waals surface area contributed by atoms with Gasteiger partial charge in [-0.1, -0.05) is 0 Å². The third-order valence-electron chi connectivity index (χ3n) is 3.85. The molecule has 1 aromatic rings. The molecule has 0 amide bonds. The van der Waals surface area contributed by atoms with Crippen LogP contribution in [0.1, 0.15) is 33.4 Å². The van der Waals surface area contributed by atoms with Crippen molar-refractivity contribution in [2.75, 3.05) is 12.8 Å². The molecule has 0 aliphatic carbocycles. The first-order valence-corrected chi connectivity index (χ1v) is 6.52. The van der Waals surface area contributed by atoms with E-state index in [1.165, 1.54) is 0 Å². The Kier molecular flexibility index (Phi) is 3.60. The predicted octanol–water partition coefficient (Wildman–Crippen LogP) is 0.682. The number of anilines is 1. The van der Waals surface area contributed by atoms with Crippen molar-refractivity contribution in [1.82, 2.24) is 10.3 Å². The van der Waals surface area contributed by atoms with Crippen molar-refractivity contribution in [3.63, 3.8) is 0 Å². The van der Waals surface area contributed by atoms with E-state index in [4.69, 9.17) is 15.0 Å². The van der Waals surface area contributed by atoms with E-state index in [1.807, 2.05) is 46.9 Å². The number of pyridine rings is 1. The fourth-order valence-corrected chi connectivity index (χ4v) is 1.95. The quantitative estimate of drug-likeness (QED) is 0.785. The molecular formula is C13H22BN3O2. The van der Waals surface area contributed by atoms with E-state index in [2.05, 4.69) is 10.3 Å². The Hall–Kier alpha value is -1.11. The van der Waals surface area contributed by atoms with Gasteiger partial charge in [0.15, 0.2) is 0 Å². The van der Waals surface area contributed by atoms with Crippen LogP contribution in [0.25, 0.3) is 0 Å². The van der Waals surface area contributed by atoms with Crippen LogP contribution >= 0.6 is 0 Å². The third-order valence-corrected chi connectivity index (χ3v) is 3.85. The minimum atomic E-state index is -0.512. The highest BCUT2D eigenvalue weighted by molar-refractivity contribution is 6.62. The lowest BCUT2D eigenvalue weighted by Crippen LogP contribution is -2.41. The largest absolute Gasteiger partial charge is 0.516 e. The molecule has 2 heterocycles. The van der Waals surface area contributed by atoms with Gasteiger partial charge in [-0.05, 0) is 46.9 Å². The zero-order chi connectivity index (χ0) is 14.3. The molecule has 1 aromatic heterocycles. The molecule has 0 unspecified atom stereocenters. The second-order valence-corrected chi connectivity index (χ2v) is 5.90. The van der Waals surface area contributed by atoms with Gasteiger partial charge in [0.1, 0.15) is 0 Å². The van der Waals surface area contributed by atoms with Crippen LogP contribution in [-0.4, -0.2) is 30.4 Å². The maximum absolute atomic E-state index is 6.00. The Morgan fingerprint density at radius 3 is 2.32 bits per heavy atom. The lowest BCUT2D eigenvalue weighted by Gasteiger charge is -2.32. The van der Waals surface area contributed by atoms with Crippen LogP contribution in [-0.2, 0) is 15.9 Å². The topological polar surface area (TPSA) is 69.4 Å². The Labute approximate surface area is 115 Å². The number of nitrogens with zero attached hydrogens (tertiary/aromatic N) is 1. The molecule has 1 fully saturated rings. The van der Waals surface area contributed by atoms with Gasteiger partial charge in [-0.2, -0.15) is 0 Å². The van der Waals surface area contributed by atoms with Gasteiger partial charge in [0.2, 0.25) is 0 Å². The summed E-state index contributed by atoms with van der Waals surface area (Å²) in [6.45, 7) is 8.75. The summed E-state index contributed by atoms with van der Waals surface area (Å²) in [5, 5.41) is 3.07. The Bertz CT molecular complexity index is 461. The van der Waals surface area contributed by atoms with Gasteiger partial charge in [0.05, 0.1) is 22.5 Å². The summed E-state index contributed by atoms with van der Waals surface area (Å²) in [6, 6.07) is 3.75. The van der Waals surface area contributed by atoms with Crippen molar-refractivity contribution in [1.29, 1.82) is 0 Å². The molecule has 0 saturated carbocycles. The summed E-state index contributed by atoms with van der Waals surface area (Å²) in [5.74, 6) is 0. The van der Waals surface area contributed by atoms with Crippen LogP contribution in [0.2, 0.25) is 0 Å². The zero-order valence-electron chi connectivity index (χ0n) is 12.3. The van der Waals surface area contributed by atoms with Gasteiger partial charge >= 0.3 is 7.12 Å². The van der Waals surface area contributed by atoms with Gasteiger partial charge in [-0.3, -0.25) is 4.98 Å². The number of nitrogen functional groups attached to an aromatic ring is 1. The van der Waals surface area contributed by atoms with Crippen molar-refractivity contribution in [3.8, 4) is 0 Å². The second kappa shape index (κ2) is 4.78. The predicted molar refractivity (Wildman–Crippen MR) is 77.1 cm³/mol. The highest BCUT2D eigenvalue weighted by Gasteiger charge is 2.52.